The minimum Gasteiger partial charge on any atom is -0.481 e. The lowest BCUT2D eigenvalue weighted by molar-refractivity contribution is -0.151. The van der Waals surface area contributed by atoms with Crippen molar-refractivity contribution in [3.63, 3.8) is 0 Å². The van der Waals surface area contributed by atoms with Gasteiger partial charge in [-0.2, -0.15) is 0 Å². The summed E-state index contributed by atoms with van der Waals surface area (Å²) in [6.45, 7) is 5.86. The lowest BCUT2D eigenvalue weighted by atomic mass is 9.79. The largest absolute Gasteiger partial charge is 0.481 e. The number of carbonyl (C=O) groups excluding carboxylic acids is 1. The number of allylic oxidation sites excluding steroid dienone is 2. The third-order valence-electron chi connectivity index (χ3n) is 4.28. The molecule has 0 bridgehead atoms. The molecule has 0 saturated carbocycles. The van der Waals surface area contributed by atoms with Crippen molar-refractivity contribution in [1.82, 2.24) is 4.90 Å². The van der Waals surface area contributed by atoms with Crippen LogP contribution in [0.4, 0.5) is 0 Å². The Labute approximate surface area is 114 Å². The molecule has 2 aliphatic rings. The van der Waals surface area contributed by atoms with Crippen LogP contribution in [0.25, 0.3) is 0 Å². The molecule has 1 saturated heterocycles. The number of piperidine rings is 1. The summed E-state index contributed by atoms with van der Waals surface area (Å²) in [5.74, 6) is -1.75. The number of amides is 1. The van der Waals surface area contributed by atoms with Gasteiger partial charge in [0.05, 0.1) is 11.8 Å². The van der Waals surface area contributed by atoms with Gasteiger partial charge in [0.25, 0.3) is 0 Å². The van der Waals surface area contributed by atoms with E-state index in [2.05, 4.69) is 13.8 Å². The zero-order valence-corrected chi connectivity index (χ0v) is 11.8. The van der Waals surface area contributed by atoms with Crippen LogP contribution >= 0.6 is 0 Å². The summed E-state index contributed by atoms with van der Waals surface area (Å²) >= 11 is 0. The van der Waals surface area contributed by atoms with Crippen LogP contribution in [0, 0.1) is 17.3 Å². The lowest BCUT2D eigenvalue weighted by Gasteiger charge is -2.40. The summed E-state index contributed by atoms with van der Waals surface area (Å²) in [7, 11) is 0. The monoisotopic (exact) mass is 265 g/mol. The van der Waals surface area contributed by atoms with Gasteiger partial charge in [0.1, 0.15) is 0 Å². The first-order valence-corrected chi connectivity index (χ1v) is 7.07. The molecule has 0 aromatic carbocycles. The zero-order chi connectivity index (χ0) is 14.0. The van der Waals surface area contributed by atoms with E-state index in [1.165, 1.54) is 0 Å². The van der Waals surface area contributed by atoms with Crippen molar-refractivity contribution in [1.29, 1.82) is 0 Å². The summed E-state index contributed by atoms with van der Waals surface area (Å²) in [6, 6.07) is 0. The van der Waals surface area contributed by atoms with E-state index < -0.39 is 11.9 Å². The summed E-state index contributed by atoms with van der Waals surface area (Å²) < 4.78 is 0. The predicted molar refractivity (Wildman–Crippen MR) is 72.6 cm³/mol. The first-order valence-electron chi connectivity index (χ1n) is 7.07. The molecular weight excluding hydrogens is 242 g/mol. The minimum atomic E-state index is -0.848. The van der Waals surface area contributed by atoms with E-state index in [1.54, 1.807) is 0 Å². The Hall–Kier alpha value is -1.32. The van der Waals surface area contributed by atoms with Gasteiger partial charge in [0.15, 0.2) is 0 Å². The molecule has 0 spiro atoms. The van der Waals surface area contributed by atoms with Crippen LogP contribution in [0.15, 0.2) is 12.2 Å². The summed E-state index contributed by atoms with van der Waals surface area (Å²) in [4.78, 5) is 25.7. The van der Waals surface area contributed by atoms with E-state index in [0.717, 1.165) is 25.9 Å². The summed E-state index contributed by atoms with van der Waals surface area (Å²) in [6.07, 6.45) is 7.00. The van der Waals surface area contributed by atoms with Crippen LogP contribution < -0.4 is 0 Å². The van der Waals surface area contributed by atoms with E-state index >= 15 is 0 Å². The average molecular weight is 265 g/mol. The number of rotatable bonds is 2. The normalized spacial score (nSPS) is 30.1. The van der Waals surface area contributed by atoms with Gasteiger partial charge >= 0.3 is 5.97 Å². The second-order valence-electron chi connectivity index (χ2n) is 6.52. The van der Waals surface area contributed by atoms with Crippen molar-refractivity contribution in [3.8, 4) is 0 Å². The zero-order valence-electron chi connectivity index (χ0n) is 11.8. The molecule has 1 amide bonds. The number of aliphatic carboxylic acids is 1. The van der Waals surface area contributed by atoms with Gasteiger partial charge in [0, 0.05) is 13.1 Å². The first kappa shape index (κ1) is 14.1. The third kappa shape index (κ3) is 3.17. The van der Waals surface area contributed by atoms with Gasteiger partial charge in [-0.25, -0.2) is 0 Å². The Kier molecular flexibility index (Phi) is 3.97. The standard InChI is InChI=1S/C15H23NO3/c1-15(2)8-5-9-16(10-15)13(17)11-6-3-4-7-12(11)14(18)19/h3-4,11-12H,5-10H2,1-2H3,(H,18,19)/t11-,12+/m1/s1. The highest BCUT2D eigenvalue weighted by Gasteiger charge is 2.38. The molecular formula is C15H23NO3. The van der Waals surface area contributed by atoms with Crippen LogP contribution in [0.3, 0.4) is 0 Å². The van der Waals surface area contributed by atoms with Gasteiger partial charge in [-0.1, -0.05) is 26.0 Å². The molecule has 0 unspecified atom stereocenters. The van der Waals surface area contributed by atoms with E-state index in [4.69, 9.17) is 0 Å². The second kappa shape index (κ2) is 5.35. The lowest BCUT2D eigenvalue weighted by Crippen LogP contribution is -2.48. The van der Waals surface area contributed by atoms with Gasteiger partial charge in [-0.05, 0) is 31.1 Å². The molecule has 1 aliphatic carbocycles. The highest BCUT2D eigenvalue weighted by atomic mass is 16.4. The van der Waals surface area contributed by atoms with Gasteiger partial charge < -0.3 is 10.0 Å². The van der Waals surface area contributed by atoms with Crippen molar-refractivity contribution >= 4 is 11.9 Å². The van der Waals surface area contributed by atoms with Crippen molar-refractivity contribution in [3.05, 3.63) is 12.2 Å². The molecule has 0 aromatic heterocycles. The molecule has 2 atom stereocenters. The van der Waals surface area contributed by atoms with Crippen molar-refractivity contribution in [2.75, 3.05) is 13.1 Å². The Morgan fingerprint density at radius 1 is 1.21 bits per heavy atom. The second-order valence-corrected chi connectivity index (χ2v) is 6.52. The van der Waals surface area contributed by atoms with Crippen LogP contribution in [0.2, 0.25) is 0 Å². The first-order chi connectivity index (χ1) is 8.91. The SMILES string of the molecule is CC1(C)CCCN(C(=O)[C@@H]2CC=CC[C@@H]2C(=O)O)C1. The molecule has 1 heterocycles. The Balaban J connectivity index is 2.09. The molecule has 106 valence electrons. The fourth-order valence-electron chi connectivity index (χ4n) is 3.21. The van der Waals surface area contributed by atoms with Crippen LogP contribution in [0.1, 0.15) is 39.5 Å². The van der Waals surface area contributed by atoms with Crippen LogP contribution in [-0.4, -0.2) is 35.0 Å². The number of carbonyl (C=O) groups is 2. The Morgan fingerprint density at radius 3 is 2.42 bits per heavy atom. The van der Waals surface area contributed by atoms with Crippen molar-refractivity contribution in [2.24, 2.45) is 17.3 Å². The average Bonchev–Trinajstić information content (AvgIpc) is 2.36. The molecule has 1 fully saturated rings. The predicted octanol–water partition coefficient (Wildman–Crippen LogP) is 2.30. The highest BCUT2D eigenvalue weighted by Crippen LogP contribution is 2.33. The number of likely N-dealkylation sites (tertiary alicyclic amines) is 1. The van der Waals surface area contributed by atoms with Gasteiger partial charge in [0.2, 0.25) is 5.91 Å². The molecule has 1 N–H and O–H groups in total. The molecule has 4 heteroatoms. The Bertz CT molecular complexity index is 400. The molecule has 0 radical (unpaired) electrons. The summed E-state index contributed by atoms with van der Waals surface area (Å²) in [5.41, 5.74) is 0.150. The third-order valence-corrected chi connectivity index (χ3v) is 4.28. The van der Waals surface area contributed by atoms with E-state index in [0.29, 0.717) is 12.8 Å². The van der Waals surface area contributed by atoms with E-state index in [1.807, 2.05) is 17.1 Å². The van der Waals surface area contributed by atoms with Crippen LogP contribution in [0.5, 0.6) is 0 Å². The molecule has 4 nitrogen and oxygen atoms in total. The smallest absolute Gasteiger partial charge is 0.307 e. The van der Waals surface area contributed by atoms with E-state index in [9.17, 15) is 14.7 Å². The maximum absolute atomic E-state index is 12.6. The minimum absolute atomic E-state index is 0.0320. The molecule has 19 heavy (non-hydrogen) atoms. The van der Waals surface area contributed by atoms with Crippen LogP contribution in [-0.2, 0) is 9.59 Å². The highest BCUT2D eigenvalue weighted by molar-refractivity contribution is 5.85. The molecule has 2 rings (SSSR count). The van der Waals surface area contributed by atoms with Crippen molar-refractivity contribution in [2.45, 2.75) is 39.5 Å². The maximum atomic E-state index is 12.6. The number of hydrogen-bond donors (Lipinski definition) is 1. The number of hydrogen-bond acceptors (Lipinski definition) is 2. The van der Waals surface area contributed by atoms with Crippen molar-refractivity contribution < 1.29 is 14.7 Å². The van der Waals surface area contributed by atoms with E-state index in [-0.39, 0.29) is 17.2 Å². The maximum Gasteiger partial charge on any atom is 0.307 e. The number of carboxylic acids is 1. The Morgan fingerprint density at radius 2 is 1.84 bits per heavy atom. The number of nitrogens with zero attached hydrogens (tertiary/aromatic N) is 1. The van der Waals surface area contributed by atoms with Gasteiger partial charge in [-0.15, -0.1) is 0 Å². The molecule has 0 aromatic rings. The summed E-state index contributed by atoms with van der Waals surface area (Å²) in [5, 5.41) is 9.25. The number of carboxylic acid groups (broad SMARTS) is 1. The fraction of sp³-hybridized carbons (Fsp3) is 0.733. The topological polar surface area (TPSA) is 57.6 Å². The fourth-order valence-corrected chi connectivity index (χ4v) is 3.21. The molecule has 1 aliphatic heterocycles. The quantitative estimate of drug-likeness (QED) is 0.779. The van der Waals surface area contributed by atoms with Gasteiger partial charge in [-0.3, -0.25) is 9.59 Å².